The van der Waals surface area contributed by atoms with Crippen LogP contribution in [0, 0.1) is 23.2 Å². The fourth-order valence-corrected chi connectivity index (χ4v) is 7.68. The monoisotopic (exact) mass is 438 g/mol. The summed E-state index contributed by atoms with van der Waals surface area (Å²) < 4.78 is 5.79. The molecule has 2 unspecified atom stereocenters. The van der Waals surface area contributed by atoms with E-state index < -0.39 is 17.9 Å². The summed E-state index contributed by atoms with van der Waals surface area (Å²) >= 11 is 0. The molecule has 0 aromatic carbocycles. The van der Waals surface area contributed by atoms with Crippen LogP contribution in [0.5, 0.6) is 0 Å². The number of fused-ring (bicyclic) bond motifs is 5. The van der Waals surface area contributed by atoms with Gasteiger partial charge in [0.05, 0.1) is 12.5 Å². The molecule has 0 bridgehead atoms. The number of piperidine rings is 1. The summed E-state index contributed by atoms with van der Waals surface area (Å²) in [6.45, 7) is 5.98. The van der Waals surface area contributed by atoms with Gasteiger partial charge in [0.1, 0.15) is 0 Å². The Labute approximate surface area is 190 Å². The zero-order valence-corrected chi connectivity index (χ0v) is 19.3. The number of hydrogen-bond acceptors (Lipinski definition) is 5. The molecule has 5 rings (SSSR count). The zero-order valence-electron chi connectivity index (χ0n) is 19.3. The lowest BCUT2D eigenvalue weighted by Gasteiger charge is -2.61. The summed E-state index contributed by atoms with van der Waals surface area (Å²) in [4.78, 5) is 31.4. The number of carbonyl (C=O) groups excluding carboxylic acids is 2. The Morgan fingerprint density at radius 1 is 1.25 bits per heavy atom. The van der Waals surface area contributed by atoms with E-state index in [1.165, 1.54) is 18.1 Å². The number of carbonyl (C=O) groups is 2. The van der Waals surface area contributed by atoms with Crippen LogP contribution in [0.3, 0.4) is 0 Å². The van der Waals surface area contributed by atoms with Gasteiger partial charge in [-0.25, -0.2) is 0 Å². The van der Waals surface area contributed by atoms with Crippen molar-refractivity contribution in [2.24, 2.45) is 23.2 Å². The molecule has 0 spiro atoms. The fourth-order valence-electron chi connectivity index (χ4n) is 7.68. The predicted octanol–water partition coefficient (Wildman–Crippen LogP) is 3.94. The van der Waals surface area contributed by atoms with E-state index in [4.69, 9.17) is 4.74 Å². The summed E-state index contributed by atoms with van der Waals surface area (Å²) in [6.07, 6.45) is 10.2. The van der Waals surface area contributed by atoms with E-state index in [9.17, 15) is 14.7 Å². The third-order valence-corrected chi connectivity index (χ3v) is 9.07. The van der Waals surface area contributed by atoms with Gasteiger partial charge in [-0.05, 0) is 79.4 Å². The van der Waals surface area contributed by atoms with Crippen molar-refractivity contribution in [2.75, 3.05) is 0 Å². The lowest BCUT2D eigenvalue weighted by Crippen LogP contribution is -2.66. The quantitative estimate of drug-likeness (QED) is 0.708. The Morgan fingerprint density at radius 2 is 2.06 bits per heavy atom. The molecular weight excluding hydrogens is 404 g/mol. The van der Waals surface area contributed by atoms with Crippen LogP contribution in [0.15, 0.2) is 30.6 Å². The van der Waals surface area contributed by atoms with E-state index in [0.717, 1.165) is 25.7 Å². The van der Waals surface area contributed by atoms with Gasteiger partial charge in [0.15, 0.2) is 6.23 Å². The first-order valence-electron chi connectivity index (χ1n) is 12.0. The molecule has 6 nitrogen and oxygen atoms in total. The number of aliphatic hydroxyl groups is 1. The maximum Gasteiger partial charge on any atom is 0.304 e. The molecular formula is C26H34N2O4. The van der Waals surface area contributed by atoms with Crippen molar-refractivity contribution < 1.29 is 19.4 Å². The number of allylic oxidation sites excluding steroid dienone is 2. The first kappa shape index (κ1) is 21.6. The molecule has 2 aliphatic heterocycles. The molecule has 1 amide bonds. The second-order valence-electron chi connectivity index (χ2n) is 10.7. The number of ether oxygens (including phenoxy) is 1. The molecule has 1 N–H and O–H groups in total. The van der Waals surface area contributed by atoms with Crippen molar-refractivity contribution >= 4 is 17.4 Å². The van der Waals surface area contributed by atoms with Crippen LogP contribution in [0.4, 0.5) is 0 Å². The molecule has 7 atom stereocenters. The van der Waals surface area contributed by atoms with E-state index in [-0.39, 0.29) is 23.7 Å². The number of esters is 1. The van der Waals surface area contributed by atoms with Crippen LogP contribution >= 0.6 is 0 Å². The molecule has 32 heavy (non-hydrogen) atoms. The molecule has 2 aliphatic carbocycles. The minimum atomic E-state index is -0.625. The third kappa shape index (κ3) is 3.21. The van der Waals surface area contributed by atoms with Gasteiger partial charge in [-0.2, -0.15) is 0 Å². The maximum absolute atomic E-state index is 13.2. The smallest absolute Gasteiger partial charge is 0.304 e. The second-order valence-corrected chi connectivity index (χ2v) is 10.7. The van der Waals surface area contributed by atoms with Crippen LogP contribution in [-0.4, -0.2) is 44.7 Å². The summed E-state index contributed by atoms with van der Waals surface area (Å²) in [7, 11) is 0. The largest absolute Gasteiger partial charge is 0.442 e. The topological polar surface area (TPSA) is 79.7 Å². The molecule has 1 aromatic rings. The molecule has 4 aliphatic rings. The van der Waals surface area contributed by atoms with E-state index in [2.05, 4.69) is 31.0 Å². The van der Waals surface area contributed by atoms with Crippen molar-refractivity contribution in [1.29, 1.82) is 0 Å². The van der Waals surface area contributed by atoms with Crippen molar-refractivity contribution in [3.63, 3.8) is 0 Å². The first-order valence-corrected chi connectivity index (χ1v) is 12.0. The van der Waals surface area contributed by atoms with Crippen LogP contribution in [0.1, 0.15) is 71.3 Å². The second kappa shape index (κ2) is 7.68. The lowest BCUT2D eigenvalue weighted by molar-refractivity contribution is -0.203. The highest BCUT2D eigenvalue weighted by atomic mass is 16.6. The predicted molar refractivity (Wildman–Crippen MR) is 120 cm³/mol. The highest BCUT2D eigenvalue weighted by molar-refractivity contribution is 5.79. The Bertz CT molecular complexity index is 946. The maximum atomic E-state index is 13.2. The third-order valence-electron chi connectivity index (χ3n) is 9.07. The van der Waals surface area contributed by atoms with Gasteiger partial charge in [0, 0.05) is 31.3 Å². The fraction of sp³-hybridized carbons (Fsp3) is 0.654. The Hall–Kier alpha value is -2.21. The normalized spacial score (nSPS) is 41.1. The van der Waals surface area contributed by atoms with Gasteiger partial charge >= 0.3 is 5.97 Å². The molecule has 0 radical (unpaired) electrons. The summed E-state index contributed by atoms with van der Waals surface area (Å²) in [5.74, 6) is 0.691. The van der Waals surface area contributed by atoms with Crippen LogP contribution < -0.4 is 0 Å². The minimum Gasteiger partial charge on any atom is -0.442 e. The van der Waals surface area contributed by atoms with Gasteiger partial charge in [0.2, 0.25) is 5.91 Å². The number of aromatic nitrogens is 1. The highest BCUT2D eigenvalue weighted by Crippen LogP contribution is 2.64. The number of hydrogen-bond donors (Lipinski definition) is 1. The summed E-state index contributed by atoms with van der Waals surface area (Å²) in [6, 6.07) is 4.15. The van der Waals surface area contributed by atoms with Crippen molar-refractivity contribution in [3.8, 4) is 0 Å². The van der Waals surface area contributed by atoms with E-state index in [1.807, 2.05) is 23.4 Å². The van der Waals surface area contributed by atoms with Gasteiger partial charge < -0.3 is 14.7 Å². The molecule has 6 heteroatoms. The Kier molecular flexibility index (Phi) is 5.19. The van der Waals surface area contributed by atoms with Gasteiger partial charge in [-0.1, -0.05) is 19.1 Å². The zero-order chi connectivity index (χ0) is 22.7. The van der Waals surface area contributed by atoms with Gasteiger partial charge in [-0.3, -0.25) is 14.6 Å². The number of nitrogens with zero attached hydrogens (tertiary/aromatic N) is 2. The Balaban J connectivity index is 1.52. The molecule has 1 aromatic heterocycles. The number of pyridine rings is 1. The van der Waals surface area contributed by atoms with E-state index in [1.54, 1.807) is 0 Å². The number of amides is 1. The molecule has 172 valence electrons. The van der Waals surface area contributed by atoms with Crippen LogP contribution in [0.25, 0.3) is 5.57 Å². The first-order chi connectivity index (χ1) is 15.2. The standard InChI is InChI=1S/C26H34N2O4/c1-16(29)32-24-14-19-21-7-6-20(17-5-4-12-27-15-17)25(21,2)10-9-22(19)26(3)11-8-18(30)13-23(31)28(24)26/h4-6,12,15,18-19,21-22,24,30H,7-11,13-14H2,1-3H3/t18?,19-,21-,22-,24?,25+,26+/m0/s1. The minimum absolute atomic E-state index is 0.0533. The molecule has 3 heterocycles. The average Bonchev–Trinajstić information content (AvgIpc) is 3.04. The van der Waals surface area contributed by atoms with Crippen LogP contribution in [-0.2, 0) is 14.3 Å². The molecule has 1 saturated carbocycles. The Morgan fingerprint density at radius 3 is 2.78 bits per heavy atom. The number of rotatable bonds is 2. The van der Waals surface area contributed by atoms with E-state index >= 15 is 0 Å². The van der Waals surface area contributed by atoms with Crippen molar-refractivity contribution in [3.05, 3.63) is 36.2 Å². The SMILES string of the molecule is CC(=O)OC1C[C@H]2[C@@H]3CC=C(c4cccnc4)[C@@]3(C)CC[C@@H]2[C@@]2(C)CCC(O)CC(=O)N12. The highest BCUT2D eigenvalue weighted by Gasteiger charge is 2.61. The van der Waals surface area contributed by atoms with Crippen molar-refractivity contribution in [2.45, 2.75) is 83.6 Å². The molecule has 3 fully saturated rings. The number of aliphatic hydroxyl groups excluding tert-OH is 1. The van der Waals surface area contributed by atoms with Gasteiger partial charge in [0.25, 0.3) is 0 Å². The summed E-state index contributed by atoms with van der Waals surface area (Å²) in [5, 5.41) is 10.4. The average molecular weight is 439 g/mol. The summed E-state index contributed by atoms with van der Waals surface area (Å²) in [5.41, 5.74) is 2.23. The van der Waals surface area contributed by atoms with Crippen molar-refractivity contribution in [1.82, 2.24) is 9.88 Å². The van der Waals surface area contributed by atoms with Gasteiger partial charge in [-0.15, -0.1) is 0 Å². The lowest BCUT2D eigenvalue weighted by atomic mass is 9.51. The van der Waals surface area contributed by atoms with Crippen LogP contribution in [0.2, 0.25) is 0 Å². The van der Waals surface area contributed by atoms with E-state index in [0.29, 0.717) is 30.6 Å². The molecule has 2 saturated heterocycles.